The standard InChI is InChI=1S/C27H33N5O6S/c1-2-8-31(9-10-38-27(29)35)26(34)22-11-21-7-6-20(13-24(21)30-25(28)14-22)19-4-3-5-23(12-19)39(36,37)32-15-18(16-32)17-33/h3-7,11-13,18,33H,2,8-10,14-17H2,1H3,(H2,28,30)(H2,29,35). The highest BCUT2D eigenvalue weighted by Gasteiger charge is 2.36. The summed E-state index contributed by atoms with van der Waals surface area (Å²) in [5.74, 6) is 0.00781. The predicted molar refractivity (Wildman–Crippen MR) is 147 cm³/mol. The number of nitrogens with zero attached hydrogens (tertiary/aromatic N) is 3. The summed E-state index contributed by atoms with van der Waals surface area (Å²) in [5.41, 5.74) is 14.4. The van der Waals surface area contributed by atoms with Crippen LogP contribution in [-0.4, -0.2) is 80.0 Å². The molecule has 0 atom stereocenters. The molecule has 4 rings (SSSR count). The van der Waals surface area contributed by atoms with Crippen molar-refractivity contribution in [2.45, 2.75) is 24.7 Å². The molecule has 5 N–H and O–H groups in total. The highest BCUT2D eigenvalue weighted by atomic mass is 32.2. The number of benzene rings is 2. The Kier molecular flexibility index (Phi) is 8.68. The van der Waals surface area contributed by atoms with E-state index in [9.17, 15) is 23.1 Å². The van der Waals surface area contributed by atoms with Gasteiger partial charge in [-0.15, -0.1) is 0 Å². The summed E-state index contributed by atoms with van der Waals surface area (Å²) in [5, 5.41) is 9.23. The first kappa shape index (κ1) is 28.3. The number of sulfonamides is 1. The molecule has 0 bridgehead atoms. The van der Waals surface area contributed by atoms with E-state index in [1.54, 1.807) is 29.2 Å². The van der Waals surface area contributed by atoms with Gasteiger partial charge in [0.25, 0.3) is 0 Å². The molecule has 0 radical (unpaired) electrons. The third-order valence-electron chi connectivity index (χ3n) is 6.64. The molecule has 2 amide bonds. The van der Waals surface area contributed by atoms with Crippen molar-refractivity contribution in [1.82, 2.24) is 9.21 Å². The van der Waals surface area contributed by atoms with Gasteiger partial charge in [0.2, 0.25) is 15.9 Å². The molecule has 0 unspecified atom stereocenters. The van der Waals surface area contributed by atoms with Crippen LogP contribution < -0.4 is 11.5 Å². The van der Waals surface area contributed by atoms with Gasteiger partial charge in [-0.05, 0) is 41.8 Å². The number of amides is 2. The number of aliphatic hydroxyl groups excluding tert-OH is 1. The number of rotatable bonds is 10. The number of aliphatic imine (C=N–C) groups is 1. The largest absolute Gasteiger partial charge is 0.448 e. The van der Waals surface area contributed by atoms with Crippen molar-refractivity contribution < 1.29 is 27.9 Å². The van der Waals surface area contributed by atoms with Crippen LogP contribution in [0.4, 0.5) is 10.5 Å². The van der Waals surface area contributed by atoms with Crippen molar-refractivity contribution in [2.24, 2.45) is 22.4 Å². The molecule has 1 saturated heterocycles. The lowest BCUT2D eigenvalue weighted by atomic mass is 10.0. The first-order valence-electron chi connectivity index (χ1n) is 12.7. The lowest BCUT2D eigenvalue weighted by molar-refractivity contribution is -0.127. The molecule has 11 nitrogen and oxygen atoms in total. The van der Waals surface area contributed by atoms with Crippen LogP contribution in [-0.2, 0) is 19.6 Å². The topological polar surface area (TPSA) is 169 Å². The SMILES string of the molecule is CCCN(CCOC(N)=O)C(=O)C1=Cc2ccc(-c3cccc(S(=O)(=O)N4CC(CO)C4)c3)cc2N=C(N)C1. The summed E-state index contributed by atoms with van der Waals surface area (Å²) in [6, 6.07) is 12.2. The van der Waals surface area contributed by atoms with Crippen LogP contribution in [0.25, 0.3) is 17.2 Å². The summed E-state index contributed by atoms with van der Waals surface area (Å²) in [7, 11) is -3.66. The molecule has 39 heavy (non-hydrogen) atoms. The molecule has 2 aliphatic heterocycles. The third kappa shape index (κ3) is 6.47. The summed E-state index contributed by atoms with van der Waals surface area (Å²) >= 11 is 0. The predicted octanol–water partition coefficient (Wildman–Crippen LogP) is 2.08. The van der Waals surface area contributed by atoms with Gasteiger partial charge in [0, 0.05) is 49.7 Å². The van der Waals surface area contributed by atoms with Gasteiger partial charge in [0.1, 0.15) is 12.4 Å². The number of ether oxygens (including phenoxy) is 1. The Balaban J connectivity index is 1.59. The van der Waals surface area contributed by atoms with Crippen molar-refractivity contribution in [1.29, 1.82) is 0 Å². The molecule has 0 spiro atoms. The number of hydrogen-bond donors (Lipinski definition) is 3. The Labute approximate surface area is 227 Å². The Morgan fingerprint density at radius 1 is 1.15 bits per heavy atom. The summed E-state index contributed by atoms with van der Waals surface area (Å²) in [6.45, 7) is 3.18. The van der Waals surface area contributed by atoms with Gasteiger partial charge in [-0.2, -0.15) is 4.31 Å². The first-order chi connectivity index (χ1) is 18.6. The van der Waals surface area contributed by atoms with E-state index in [1.165, 1.54) is 4.31 Å². The van der Waals surface area contributed by atoms with Gasteiger partial charge >= 0.3 is 6.09 Å². The van der Waals surface area contributed by atoms with E-state index >= 15 is 0 Å². The fraction of sp³-hybridized carbons (Fsp3) is 0.370. The van der Waals surface area contributed by atoms with Crippen molar-refractivity contribution in [3.05, 3.63) is 53.6 Å². The molecule has 0 saturated carbocycles. The van der Waals surface area contributed by atoms with Crippen LogP contribution in [0.3, 0.4) is 0 Å². The van der Waals surface area contributed by atoms with Gasteiger partial charge in [-0.1, -0.05) is 31.2 Å². The van der Waals surface area contributed by atoms with Gasteiger partial charge in [0.05, 0.1) is 17.1 Å². The van der Waals surface area contributed by atoms with Crippen molar-refractivity contribution in [2.75, 3.05) is 39.4 Å². The number of amidine groups is 1. The number of primary amides is 1. The van der Waals surface area contributed by atoms with E-state index in [0.717, 1.165) is 5.56 Å². The highest BCUT2D eigenvalue weighted by molar-refractivity contribution is 7.89. The number of fused-ring (bicyclic) bond motifs is 1. The summed E-state index contributed by atoms with van der Waals surface area (Å²) in [6.07, 6.45) is 1.73. The average molecular weight is 556 g/mol. The van der Waals surface area contributed by atoms with Crippen LogP contribution in [0.2, 0.25) is 0 Å². The van der Waals surface area contributed by atoms with Crippen LogP contribution in [0.5, 0.6) is 0 Å². The van der Waals surface area contributed by atoms with Gasteiger partial charge in [-0.25, -0.2) is 18.2 Å². The van der Waals surface area contributed by atoms with Gasteiger partial charge in [0.15, 0.2) is 0 Å². The molecular weight excluding hydrogens is 522 g/mol. The van der Waals surface area contributed by atoms with E-state index in [1.807, 2.05) is 31.2 Å². The van der Waals surface area contributed by atoms with Gasteiger partial charge in [-0.3, -0.25) is 4.79 Å². The number of carbonyl (C=O) groups excluding carboxylic acids is 2. The Morgan fingerprint density at radius 2 is 1.90 bits per heavy atom. The maximum absolute atomic E-state index is 13.3. The first-order valence-corrected chi connectivity index (χ1v) is 14.2. The van der Waals surface area contributed by atoms with Crippen LogP contribution in [0.15, 0.2) is 57.9 Å². The molecule has 2 heterocycles. The third-order valence-corrected chi connectivity index (χ3v) is 8.47. The molecule has 12 heteroatoms. The van der Waals surface area contributed by atoms with Crippen molar-refractivity contribution in [3.8, 4) is 11.1 Å². The zero-order valence-corrected chi connectivity index (χ0v) is 22.6. The Bertz CT molecular complexity index is 1420. The molecule has 2 aliphatic rings. The second kappa shape index (κ2) is 12.0. The molecule has 0 aliphatic carbocycles. The molecule has 1 fully saturated rings. The summed E-state index contributed by atoms with van der Waals surface area (Å²) < 4.78 is 32.2. The van der Waals surface area contributed by atoms with Crippen molar-refractivity contribution in [3.63, 3.8) is 0 Å². The van der Waals surface area contributed by atoms with Crippen LogP contribution in [0.1, 0.15) is 25.3 Å². The quantitative estimate of drug-likeness (QED) is 0.403. The lowest BCUT2D eigenvalue weighted by Gasteiger charge is -2.36. The van der Waals surface area contributed by atoms with E-state index in [-0.39, 0.29) is 48.7 Å². The fourth-order valence-electron chi connectivity index (χ4n) is 4.57. The highest BCUT2D eigenvalue weighted by Crippen LogP contribution is 2.34. The zero-order valence-electron chi connectivity index (χ0n) is 21.7. The monoisotopic (exact) mass is 555 g/mol. The Hall–Kier alpha value is -3.74. The maximum atomic E-state index is 13.3. The summed E-state index contributed by atoms with van der Waals surface area (Å²) in [4.78, 5) is 30.5. The molecule has 0 aromatic heterocycles. The van der Waals surface area contributed by atoms with E-state index < -0.39 is 16.1 Å². The number of hydrogen-bond acceptors (Lipinski definition) is 8. The second-order valence-corrected chi connectivity index (χ2v) is 11.5. The normalized spacial score (nSPS) is 15.8. The molecular formula is C27H33N5O6S. The zero-order chi connectivity index (χ0) is 28.2. The lowest BCUT2D eigenvalue weighted by Crippen LogP contribution is -2.51. The second-order valence-electron chi connectivity index (χ2n) is 9.58. The van der Waals surface area contributed by atoms with Crippen LogP contribution >= 0.6 is 0 Å². The molecule has 2 aromatic rings. The van der Waals surface area contributed by atoms with E-state index in [2.05, 4.69) is 4.99 Å². The van der Waals surface area contributed by atoms with E-state index in [4.69, 9.17) is 16.2 Å². The molecule has 208 valence electrons. The number of carbonyl (C=O) groups is 2. The minimum atomic E-state index is -3.66. The fourth-order valence-corrected chi connectivity index (χ4v) is 6.21. The Morgan fingerprint density at radius 3 is 2.59 bits per heavy atom. The molecule has 2 aromatic carbocycles. The minimum Gasteiger partial charge on any atom is -0.448 e. The minimum absolute atomic E-state index is 0.00751. The van der Waals surface area contributed by atoms with E-state index in [0.29, 0.717) is 48.4 Å². The number of aliphatic hydroxyl groups is 1. The number of nitrogens with two attached hydrogens (primary N) is 2. The van der Waals surface area contributed by atoms with Gasteiger partial charge < -0.3 is 26.2 Å². The van der Waals surface area contributed by atoms with Crippen molar-refractivity contribution >= 4 is 39.6 Å². The van der Waals surface area contributed by atoms with Crippen LogP contribution in [0, 0.1) is 5.92 Å². The smallest absolute Gasteiger partial charge is 0.404 e. The average Bonchev–Trinajstić information content (AvgIpc) is 3.04. The maximum Gasteiger partial charge on any atom is 0.404 e.